The molecule has 0 aromatic heterocycles. The van der Waals surface area contributed by atoms with Gasteiger partial charge in [-0.05, 0) is 29.2 Å². The van der Waals surface area contributed by atoms with Crippen LogP contribution in [-0.4, -0.2) is 31.1 Å². The lowest BCUT2D eigenvalue weighted by atomic mass is 9.93. The summed E-state index contributed by atoms with van der Waals surface area (Å²) in [6.45, 7) is 1.34. The molecule has 6 nitrogen and oxygen atoms in total. The number of rotatable bonds is 6. The van der Waals surface area contributed by atoms with Gasteiger partial charge in [-0.15, -0.1) is 0 Å². The summed E-state index contributed by atoms with van der Waals surface area (Å²) in [7, 11) is 3.23. The van der Waals surface area contributed by atoms with E-state index in [4.69, 9.17) is 15.3 Å². The second-order valence-electron chi connectivity index (χ2n) is 6.45. The third kappa shape index (κ3) is 3.94. The van der Waals surface area contributed by atoms with E-state index in [0.717, 1.165) is 11.1 Å². The van der Waals surface area contributed by atoms with Crippen molar-refractivity contribution in [3.63, 3.8) is 0 Å². The molecule has 0 saturated carbocycles. The van der Waals surface area contributed by atoms with Gasteiger partial charge in [0.25, 0.3) is 5.91 Å². The lowest BCUT2D eigenvalue weighted by molar-refractivity contribution is -0.127. The number of benzene rings is 2. The number of nitrogens with one attached hydrogen (secondary N) is 1. The van der Waals surface area contributed by atoms with Crippen LogP contribution in [0, 0.1) is 0 Å². The van der Waals surface area contributed by atoms with Crippen molar-refractivity contribution in [1.82, 2.24) is 10.3 Å². The molecule has 1 amide bonds. The number of hydrazine groups is 1. The van der Waals surface area contributed by atoms with Gasteiger partial charge in [-0.3, -0.25) is 15.1 Å². The van der Waals surface area contributed by atoms with Crippen LogP contribution in [0.5, 0.6) is 0 Å². The highest BCUT2D eigenvalue weighted by Crippen LogP contribution is 2.26. The molecular formula is C20H25N3O3. The Bertz CT molecular complexity index is 761. The van der Waals surface area contributed by atoms with Crippen LogP contribution >= 0.6 is 0 Å². The second-order valence-corrected chi connectivity index (χ2v) is 6.45. The van der Waals surface area contributed by atoms with Crippen molar-refractivity contribution in [3.8, 4) is 0 Å². The van der Waals surface area contributed by atoms with E-state index in [9.17, 15) is 4.79 Å². The Labute approximate surface area is 153 Å². The molecule has 0 unspecified atom stereocenters. The van der Waals surface area contributed by atoms with Gasteiger partial charge in [-0.2, -0.15) is 0 Å². The van der Waals surface area contributed by atoms with Crippen LogP contribution in [0.15, 0.2) is 48.5 Å². The third-order valence-electron chi connectivity index (χ3n) is 4.83. The number of fused-ring (bicyclic) bond motifs is 1. The minimum absolute atomic E-state index is 0.165. The van der Waals surface area contributed by atoms with Gasteiger partial charge in [0.05, 0.1) is 6.04 Å². The first kappa shape index (κ1) is 18.5. The van der Waals surface area contributed by atoms with Crippen LogP contribution < -0.4 is 11.3 Å². The molecule has 0 spiro atoms. The van der Waals surface area contributed by atoms with Gasteiger partial charge in [-0.25, -0.2) is 5.84 Å². The van der Waals surface area contributed by atoms with Crippen molar-refractivity contribution in [2.24, 2.45) is 5.84 Å². The molecular weight excluding hydrogens is 330 g/mol. The fraction of sp³-hybridized carbons (Fsp3) is 0.350. The summed E-state index contributed by atoms with van der Waals surface area (Å²) < 4.78 is 10.7. The lowest BCUT2D eigenvalue weighted by Crippen LogP contribution is -2.51. The number of nitrogens with zero attached hydrogens (tertiary/aromatic N) is 1. The van der Waals surface area contributed by atoms with Crippen LogP contribution in [0.2, 0.25) is 0 Å². The van der Waals surface area contributed by atoms with Crippen molar-refractivity contribution < 1.29 is 14.3 Å². The maximum Gasteiger partial charge on any atom is 0.251 e. The van der Waals surface area contributed by atoms with Crippen LogP contribution in [0.3, 0.4) is 0 Å². The van der Waals surface area contributed by atoms with Crippen LogP contribution in [-0.2, 0) is 33.8 Å². The molecule has 26 heavy (non-hydrogen) atoms. The molecule has 0 bridgehead atoms. The maximum atomic E-state index is 12.3. The Morgan fingerprint density at radius 3 is 2.62 bits per heavy atom. The fourth-order valence-electron chi connectivity index (χ4n) is 3.54. The average Bonchev–Trinajstić information content (AvgIpc) is 2.68. The van der Waals surface area contributed by atoms with E-state index in [1.54, 1.807) is 14.2 Å². The molecule has 2 aromatic rings. The predicted octanol–water partition coefficient (Wildman–Crippen LogP) is 1.89. The zero-order valence-corrected chi connectivity index (χ0v) is 15.1. The van der Waals surface area contributed by atoms with E-state index in [1.807, 2.05) is 30.3 Å². The average molecular weight is 355 g/mol. The summed E-state index contributed by atoms with van der Waals surface area (Å²) >= 11 is 0. The van der Waals surface area contributed by atoms with Gasteiger partial charge in [0.15, 0.2) is 6.29 Å². The van der Waals surface area contributed by atoms with Crippen LogP contribution in [0.4, 0.5) is 0 Å². The summed E-state index contributed by atoms with van der Waals surface area (Å²) in [6.07, 6.45) is 0.248. The summed E-state index contributed by atoms with van der Waals surface area (Å²) in [5.74, 6) is 5.25. The first-order chi connectivity index (χ1) is 12.7. The number of hydrogen-bond donors (Lipinski definition) is 2. The lowest BCUT2D eigenvalue weighted by Gasteiger charge is -2.35. The van der Waals surface area contributed by atoms with Crippen molar-refractivity contribution >= 4 is 5.91 Å². The molecule has 2 aromatic carbocycles. The highest BCUT2D eigenvalue weighted by molar-refractivity contribution is 5.81. The quantitative estimate of drug-likeness (QED) is 0.358. The minimum atomic E-state index is -0.403. The van der Waals surface area contributed by atoms with E-state index < -0.39 is 6.29 Å². The summed E-state index contributed by atoms with van der Waals surface area (Å²) in [5, 5.41) is 0. The Morgan fingerprint density at radius 1 is 1.19 bits per heavy atom. The van der Waals surface area contributed by atoms with Gasteiger partial charge in [-0.1, -0.05) is 42.5 Å². The smallest absolute Gasteiger partial charge is 0.251 e. The van der Waals surface area contributed by atoms with E-state index in [-0.39, 0.29) is 11.9 Å². The first-order valence-electron chi connectivity index (χ1n) is 8.62. The molecule has 1 heterocycles. The van der Waals surface area contributed by atoms with Crippen molar-refractivity contribution in [1.29, 1.82) is 0 Å². The number of ether oxygens (including phenoxy) is 2. The van der Waals surface area contributed by atoms with Gasteiger partial charge in [0.1, 0.15) is 0 Å². The van der Waals surface area contributed by atoms with Gasteiger partial charge >= 0.3 is 0 Å². The van der Waals surface area contributed by atoms with Gasteiger partial charge in [0, 0.05) is 32.9 Å². The highest BCUT2D eigenvalue weighted by atomic mass is 16.7. The zero-order chi connectivity index (χ0) is 18.5. The van der Waals surface area contributed by atoms with Crippen LogP contribution in [0.1, 0.15) is 28.5 Å². The standard InChI is InChI=1S/C20H25N3O3/c1-25-20(26-2)16-9-5-6-14(10-16)12-23-13-17-8-4-3-7-15(17)11-18(23)19(24)22-21/h3-10,18,20H,11-13,21H2,1-2H3,(H,22,24)/t18-/m0/s1. The largest absolute Gasteiger partial charge is 0.352 e. The molecule has 1 aliphatic rings. The number of methoxy groups -OCH3 is 2. The SMILES string of the molecule is COC(OC)c1cccc(CN2Cc3ccccc3C[C@H]2C(=O)NN)c1. The number of carbonyl (C=O) groups is 1. The minimum Gasteiger partial charge on any atom is -0.352 e. The topological polar surface area (TPSA) is 76.8 Å². The van der Waals surface area contributed by atoms with Gasteiger partial charge < -0.3 is 9.47 Å². The molecule has 0 radical (unpaired) electrons. The van der Waals surface area contributed by atoms with Crippen molar-refractivity contribution in [2.45, 2.75) is 31.8 Å². The molecule has 3 rings (SSSR count). The third-order valence-corrected chi connectivity index (χ3v) is 4.83. The molecule has 1 aliphatic heterocycles. The van der Waals surface area contributed by atoms with E-state index in [2.05, 4.69) is 28.5 Å². The highest BCUT2D eigenvalue weighted by Gasteiger charge is 2.31. The Hall–Kier alpha value is -2.25. The summed E-state index contributed by atoms with van der Waals surface area (Å²) in [5.41, 5.74) is 6.80. The molecule has 0 fully saturated rings. The Kier molecular flexibility index (Phi) is 6.00. The van der Waals surface area contributed by atoms with E-state index >= 15 is 0 Å². The molecule has 6 heteroatoms. The molecule has 1 atom stereocenters. The predicted molar refractivity (Wildman–Crippen MR) is 98.7 cm³/mol. The number of hydrogen-bond acceptors (Lipinski definition) is 5. The van der Waals surface area contributed by atoms with Gasteiger partial charge in [0.2, 0.25) is 0 Å². The summed E-state index contributed by atoms with van der Waals surface area (Å²) in [6, 6.07) is 16.0. The number of nitrogens with two attached hydrogens (primary N) is 1. The molecule has 3 N–H and O–H groups in total. The van der Waals surface area contributed by atoms with E-state index in [1.165, 1.54) is 11.1 Å². The number of carbonyl (C=O) groups excluding carboxylic acids is 1. The molecule has 0 aliphatic carbocycles. The monoisotopic (exact) mass is 355 g/mol. The molecule has 138 valence electrons. The summed E-state index contributed by atoms with van der Waals surface area (Å²) in [4.78, 5) is 14.5. The second kappa shape index (κ2) is 8.42. The fourth-order valence-corrected chi connectivity index (χ4v) is 3.54. The Balaban J connectivity index is 1.85. The Morgan fingerprint density at radius 2 is 1.92 bits per heavy atom. The number of amides is 1. The maximum absolute atomic E-state index is 12.3. The van der Waals surface area contributed by atoms with Crippen LogP contribution in [0.25, 0.3) is 0 Å². The van der Waals surface area contributed by atoms with Crippen molar-refractivity contribution in [3.05, 3.63) is 70.8 Å². The molecule has 0 saturated heterocycles. The van der Waals surface area contributed by atoms with Crippen molar-refractivity contribution in [2.75, 3.05) is 14.2 Å². The zero-order valence-electron chi connectivity index (χ0n) is 15.1. The first-order valence-corrected chi connectivity index (χ1v) is 8.62. The normalized spacial score (nSPS) is 17.2. The van der Waals surface area contributed by atoms with E-state index in [0.29, 0.717) is 19.5 Å².